The van der Waals surface area contributed by atoms with Crippen molar-refractivity contribution in [2.45, 2.75) is 31.7 Å². The molecule has 1 aromatic heterocycles. The Kier molecular flexibility index (Phi) is 10.0. The van der Waals surface area contributed by atoms with Crippen LogP contribution in [-0.2, 0) is 27.3 Å². The first kappa shape index (κ1) is 28.2. The summed E-state index contributed by atoms with van der Waals surface area (Å²) < 4.78 is 21.5. The van der Waals surface area contributed by atoms with Gasteiger partial charge in [-0.15, -0.1) is 0 Å². The summed E-state index contributed by atoms with van der Waals surface area (Å²) in [6, 6.07) is 19.5. The molecule has 2 unspecified atom stereocenters. The number of benzene rings is 2. The molecule has 2 atom stereocenters. The van der Waals surface area contributed by atoms with Crippen LogP contribution in [0.25, 0.3) is 0 Å². The SMILES string of the molecule is COCCCN(CC(=O)N(CCc1ccc(OC)c(OC)c1)Cc1ccco1)C(=O)C1CC1c1ccccc1. The number of methoxy groups -OCH3 is 3. The van der Waals surface area contributed by atoms with E-state index >= 15 is 0 Å². The maximum Gasteiger partial charge on any atom is 0.242 e. The topological polar surface area (TPSA) is 81.5 Å². The van der Waals surface area contributed by atoms with E-state index in [4.69, 9.17) is 18.6 Å². The van der Waals surface area contributed by atoms with Crippen LogP contribution in [0, 0.1) is 5.92 Å². The van der Waals surface area contributed by atoms with Gasteiger partial charge >= 0.3 is 0 Å². The summed E-state index contributed by atoms with van der Waals surface area (Å²) in [5.41, 5.74) is 2.19. The van der Waals surface area contributed by atoms with E-state index in [0.717, 1.165) is 12.0 Å². The first-order valence-electron chi connectivity index (χ1n) is 13.4. The summed E-state index contributed by atoms with van der Waals surface area (Å²) >= 11 is 0. The standard InChI is InChI=1S/C31H38N2O6/c1-36-17-8-15-33(31(35)27-20-26(27)24-9-5-4-6-10-24)22-30(34)32(21-25-11-7-18-39-25)16-14-23-12-13-28(37-2)29(19-23)38-3/h4-7,9-13,18-19,26-27H,8,14-17,20-22H2,1-3H3. The van der Waals surface area contributed by atoms with Gasteiger partial charge in [-0.05, 0) is 60.6 Å². The van der Waals surface area contributed by atoms with Gasteiger partial charge in [0.05, 0.1) is 33.6 Å². The van der Waals surface area contributed by atoms with E-state index in [9.17, 15) is 9.59 Å². The molecule has 2 aromatic carbocycles. The number of hydrogen-bond donors (Lipinski definition) is 0. The zero-order valence-electron chi connectivity index (χ0n) is 23.0. The fourth-order valence-corrected chi connectivity index (χ4v) is 4.88. The molecule has 0 bridgehead atoms. The minimum Gasteiger partial charge on any atom is -0.493 e. The van der Waals surface area contributed by atoms with E-state index in [1.54, 1.807) is 37.4 Å². The summed E-state index contributed by atoms with van der Waals surface area (Å²) in [6.45, 7) is 1.81. The lowest BCUT2D eigenvalue weighted by atomic mass is 10.1. The Balaban J connectivity index is 1.45. The molecule has 0 radical (unpaired) electrons. The van der Waals surface area contributed by atoms with Crippen molar-refractivity contribution in [3.8, 4) is 11.5 Å². The molecule has 1 fully saturated rings. The Morgan fingerprint density at radius 1 is 0.923 bits per heavy atom. The molecule has 8 heteroatoms. The minimum atomic E-state index is -0.116. The Labute approximate surface area is 230 Å². The molecule has 208 valence electrons. The smallest absolute Gasteiger partial charge is 0.242 e. The number of rotatable bonds is 15. The molecular weight excluding hydrogens is 496 g/mol. The molecular formula is C31H38N2O6. The number of furan rings is 1. The molecule has 0 N–H and O–H groups in total. The Morgan fingerprint density at radius 3 is 2.41 bits per heavy atom. The fraction of sp³-hybridized carbons (Fsp3) is 0.419. The van der Waals surface area contributed by atoms with Crippen LogP contribution in [0.4, 0.5) is 0 Å². The van der Waals surface area contributed by atoms with Gasteiger partial charge in [0.25, 0.3) is 0 Å². The molecule has 0 saturated heterocycles. The van der Waals surface area contributed by atoms with E-state index in [0.29, 0.717) is 56.3 Å². The van der Waals surface area contributed by atoms with Gasteiger partial charge in [0.1, 0.15) is 5.76 Å². The molecule has 39 heavy (non-hydrogen) atoms. The molecule has 1 saturated carbocycles. The zero-order valence-corrected chi connectivity index (χ0v) is 23.0. The molecule has 1 aliphatic carbocycles. The number of nitrogens with zero attached hydrogens (tertiary/aromatic N) is 2. The van der Waals surface area contributed by atoms with Crippen LogP contribution >= 0.6 is 0 Å². The van der Waals surface area contributed by atoms with Crippen molar-refractivity contribution in [1.82, 2.24) is 9.80 Å². The van der Waals surface area contributed by atoms with Gasteiger partial charge in [-0.1, -0.05) is 36.4 Å². The predicted octanol–water partition coefficient (Wildman–Crippen LogP) is 4.54. The molecule has 4 rings (SSSR count). The highest BCUT2D eigenvalue weighted by atomic mass is 16.5. The lowest BCUT2D eigenvalue weighted by Crippen LogP contribution is -2.44. The third-order valence-corrected chi connectivity index (χ3v) is 7.15. The van der Waals surface area contributed by atoms with Crippen molar-refractivity contribution in [2.75, 3.05) is 47.6 Å². The van der Waals surface area contributed by atoms with Gasteiger partial charge in [-0.2, -0.15) is 0 Å². The van der Waals surface area contributed by atoms with Crippen molar-refractivity contribution < 1.29 is 28.2 Å². The second kappa shape index (κ2) is 13.8. The van der Waals surface area contributed by atoms with Gasteiger partial charge in [-0.25, -0.2) is 0 Å². The second-order valence-electron chi connectivity index (χ2n) is 9.80. The van der Waals surface area contributed by atoms with Crippen LogP contribution in [0.3, 0.4) is 0 Å². The maximum atomic E-state index is 13.7. The lowest BCUT2D eigenvalue weighted by Gasteiger charge is -2.28. The highest BCUT2D eigenvalue weighted by Crippen LogP contribution is 2.48. The van der Waals surface area contributed by atoms with Crippen molar-refractivity contribution >= 4 is 11.8 Å². The van der Waals surface area contributed by atoms with Gasteiger partial charge in [-0.3, -0.25) is 9.59 Å². The Bertz CT molecular complexity index is 1200. The third-order valence-electron chi connectivity index (χ3n) is 7.15. The van der Waals surface area contributed by atoms with E-state index in [1.807, 2.05) is 48.5 Å². The first-order valence-corrected chi connectivity index (χ1v) is 13.4. The summed E-state index contributed by atoms with van der Waals surface area (Å²) in [5.74, 6) is 2.03. The van der Waals surface area contributed by atoms with E-state index < -0.39 is 0 Å². The molecule has 1 heterocycles. The van der Waals surface area contributed by atoms with Crippen molar-refractivity contribution in [2.24, 2.45) is 5.92 Å². The fourth-order valence-electron chi connectivity index (χ4n) is 4.88. The van der Waals surface area contributed by atoms with Gasteiger partial charge in [0.2, 0.25) is 11.8 Å². The maximum absolute atomic E-state index is 13.7. The molecule has 8 nitrogen and oxygen atoms in total. The van der Waals surface area contributed by atoms with Crippen molar-refractivity contribution in [1.29, 1.82) is 0 Å². The summed E-state index contributed by atoms with van der Waals surface area (Å²) in [5, 5.41) is 0. The molecule has 2 amide bonds. The number of carbonyl (C=O) groups excluding carboxylic acids is 2. The van der Waals surface area contributed by atoms with Crippen LogP contribution in [0.5, 0.6) is 11.5 Å². The molecule has 3 aromatic rings. The average molecular weight is 535 g/mol. The van der Waals surface area contributed by atoms with Crippen LogP contribution in [-0.4, -0.2) is 69.2 Å². The van der Waals surface area contributed by atoms with Gasteiger partial charge < -0.3 is 28.4 Å². The summed E-state index contributed by atoms with van der Waals surface area (Å²) in [6.07, 6.45) is 3.70. The number of ether oxygens (including phenoxy) is 3. The zero-order chi connectivity index (χ0) is 27.6. The van der Waals surface area contributed by atoms with Crippen molar-refractivity contribution in [3.05, 3.63) is 83.8 Å². The largest absolute Gasteiger partial charge is 0.493 e. The normalized spacial score (nSPS) is 16.0. The Morgan fingerprint density at radius 2 is 1.72 bits per heavy atom. The predicted molar refractivity (Wildman–Crippen MR) is 148 cm³/mol. The quantitative estimate of drug-likeness (QED) is 0.267. The molecule has 1 aliphatic rings. The van der Waals surface area contributed by atoms with Gasteiger partial charge in [0, 0.05) is 32.7 Å². The van der Waals surface area contributed by atoms with Gasteiger partial charge in [0.15, 0.2) is 11.5 Å². The lowest BCUT2D eigenvalue weighted by molar-refractivity contribution is -0.142. The summed E-state index contributed by atoms with van der Waals surface area (Å²) in [4.78, 5) is 30.7. The second-order valence-corrected chi connectivity index (χ2v) is 9.80. The van der Waals surface area contributed by atoms with Crippen LogP contribution < -0.4 is 9.47 Å². The third kappa shape index (κ3) is 7.63. The van der Waals surface area contributed by atoms with E-state index in [1.165, 1.54) is 5.56 Å². The number of hydrogen-bond acceptors (Lipinski definition) is 6. The highest BCUT2D eigenvalue weighted by Gasteiger charge is 2.46. The van der Waals surface area contributed by atoms with Crippen LogP contribution in [0.1, 0.15) is 35.6 Å². The monoisotopic (exact) mass is 534 g/mol. The first-order chi connectivity index (χ1) is 19.0. The molecule has 0 spiro atoms. The van der Waals surface area contributed by atoms with E-state index in [2.05, 4.69) is 12.1 Å². The highest BCUT2D eigenvalue weighted by molar-refractivity contribution is 5.88. The van der Waals surface area contributed by atoms with Crippen molar-refractivity contribution in [3.63, 3.8) is 0 Å². The number of amides is 2. The summed E-state index contributed by atoms with van der Waals surface area (Å²) in [7, 11) is 4.85. The number of carbonyl (C=O) groups is 2. The van der Waals surface area contributed by atoms with Crippen LogP contribution in [0.2, 0.25) is 0 Å². The Hall–Kier alpha value is -3.78. The van der Waals surface area contributed by atoms with Crippen LogP contribution in [0.15, 0.2) is 71.3 Å². The van der Waals surface area contributed by atoms with E-state index in [-0.39, 0.29) is 30.2 Å². The molecule has 0 aliphatic heterocycles. The average Bonchev–Trinajstić information content (AvgIpc) is 3.61. The minimum absolute atomic E-state index is 0.0210.